The first-order valence-corrected chi connectivity index (χ1v) is 10.6. The van der Waals surface area contributed by atoms with E-state index in [0.717, 1.165) is 12.8 Å². The number of nitrogens with one attached hydrogen (secondary N) is 3. The second kappa shape index (κ2) is 8.46. The van der Waals surface area contributed by atoms with Gasteiger partial charge in [0.15, 0.2) is 0 Å². The Morgan fingerprint density at radius 3 is 2.61 bits per heavy atom. The van der Waals surface area contributed by atoms with Crippen LogP contribution in [0.25, 0.3) is 0 Å². The van der Waals surface area contributed by atoms with Crippen LogP contribution in [0.3, 0.4) is 0 Å². The van der Waals surface area contributed by atoms with Crippen molar-refractivity contribution >= 4 is 50.9 Å². The Bertz CT molecular complexity index is 1070. The number of anilines is 2. The third-order valence-corrected chi connectivity index (χ3v) is 6.13. The summed E-state index contributed by atoms with van der Waals surface area (Å²) in [7, 11) is 0. The van der Waals surface area contributed by atoms with Crippen molar-refractivity contribution in [2.24, 2.45) is 11.7 Å². The maximum absolute atomic E-state index is 13.0. The average Bonchev–Trinajstić information content (AvgIpc) is 3.28. The number of nitrogens with zero attached hydrogens (tertiary/aromatic N) is 2. The number of hydrogen-bond donors (Lipinski definition) is 4. The van der Waals surface area contributed by atoms with Crippen LogP contribution < -0.4 is 16.4 Å². The van der Waals surface area contributed by atoms with Crippen molar-refractivity contribution in [1.29, 1.82) is 5.41 Å². The summed E-state index contributed by atoms with van der Waals surface area (Å²) in [6, 6.07) is 11.4. The molecule has 2 bridgehead atoms. The molecule has 31 heavy (non-hydrogen) atoms. The number of rotatable bonds is 7. The predicted octanol–water partition coefficient (Wildman–Crippen LogP) is 1.74. The van der Waals surface area contributed by atoms with E-state index >= 15 is 0 Å². The minimum absolute atomic E-state index is 0.0460. The highest BCUT2D eigenvalue weighted by Gasteiger charge is 2.55. The molecule has 2 aliphatic heterocycles. The summed E-state index contributed by atoms with van der Waals surface area (Å²) in [5.74, 6) is -0.754. The van der Waals surface area contributed by atoms with Crippen molar-refractivity contribution in [1.82, 2.24) is 9.88 Å². The second-order valence-corrected chi connectivity index (χ2v) is 8.42. The molecule has 10 heteroatoms. The van der Waals surface area contributed by atoms with Crippen LogP contribution in [0.4, 0.5) is 11.5 Å². The minimum Gasteiger partial charge on any atom is -0.376 e. The predicted molar refractivity (Wildman–Crippen MR) is 119 cm³/mol. The van der Waals surface area contributed by atoms with Gasteiger partial charge < -0.3 is 21.3 Å². The number of para-hydroxylation sites is 1. The summed E-state index contributed by atoms with van der Waals surface area (Å²) in [6.45, 7) is -0.0643. The van der Waals surface area contributed by atoms with Gasteiger partial charge in [-0.15, -0.1) is 0 Å². The number of carbonyl (C=O) groups excluding carboxylic acids is 3. The molecule has 5 rings (SSSR count). The molecule has 1 saturated carbocycles. The van der Waals surface area contributed by atoms with Crippen molar-refractivity contribution in [3.63, 3.8) is 0 Å². The number of aromatic nitrogens is 1. The minimum atomic E-state index is -0.848. The van der Waals surface area contributed by atoms with Gasteiger partial charge in [0.05, 0.1) is 6.54 Å². The van der Waals surface area contributed by atoms with Crippen LogP contribution in [-0.2, 0) is 14.4 Å². The second-order valence-electron chi connectivity index (χ2n) is 7.60. The molecule has 1 aliphatic carbocycles. The molecule has 3 aliphatic rings. The molecule has 5 N–H and O–H groups in total. The van der Waals surface area contributed by atoms with Crippen molar-refractivity contribution in [2.75, 3.05) is 17.2 Å². The number of amides is 3. The molecule has 0 spiro atoms. The van der Waals surface area contributed by atoms with Gasteiger partial charge in [-0.1, -0.05) is 24.3 Å². The third kappa shape index (κ3) is 4.15. The van der Waals surface area contributed by atoms with E-state index in [-0.39, 0.29) is 36.0 Å². The monoisotopic (exact) mass is 484 g/mol. The van der Waals surface area contributed by atoms with E-state index in [1.165, 1.54) is 0 Å². The van der Waals surface area contributed by atoms with Crippen LogP contribution in [0, 0.1) is 11.3 Å². The van der Waals surface area contributed by atoms with Gasteiger partial charge in [0.1, 0.15) is 22.2 Å². The van der Waals surface area contributed by atoms with E-state index in [0.29, 0.717) is 21.7 Å². The van der Waals surface area contributed by atoms with Crippen LogP contribution in [0.15, 0.2) is 47.1 Å². The highest BCUT2D eigenvalue weighted by Crippen LogP contribution is 2.46. The zero-order valence-electron chi connectivity index (χ0n) is 16.5. The molecule has 1 aromatic heterocycles. The van der Waals surface area contributed by atoms with Crippen molar-refractivity contribution in [3.8, 4) is 0 Å². The summed E-state index contributed by atoms with van der Waals surface area (Å²) in [4.78, 5) is 43.2. The number of primary amides is 1. The van der Waals surface area contributed by atoms with Crippen LogP contribution in [0.1, 0.15) is 18.4 Å². The topological polar surface area (TPSA) is 141 Å². The highest BCUT2D eigenvalue weighted by molar-refractivity contribution is 9.10. The average molecular weight is 485 g/mol. The fraction of sp³-hybridized carbons (Fsp3) is 0.286. The molecule has 3 fully saturated rings. The SMILES string of the molecule is N=C(C(N)=O)c1ccccc1NCC(=O)N1C2CC(C2)C1C(=O)Nc1cccc(Br)n1. The Morgan fingerprint density at radius 2 is 1.90 bits per heavy atom. The molecule has 2 saturated heterocycles. The Morgan fingerprint density at radius 1 is 1.16 bits per heavy atom. The van der Waals surface area contributed by atoms with Gasteiger partial charge in [0.2, 0.25) is 11.8 Å². The zero-order valence-corrected chi connectivity index (χ0v) is 18.1. The van der Waals surface area contributed by atoms with Crippen molar-refractivity contribution < 1.29 is 14.4 Å². The molecule has 1 aromatic carbocycles. The van der Waals surface area contributed by atoms with Crippen LogP contribution in [-0.4, -0.2) is 51.9 Å². The summed E-state index contributed by atoms with van der Waals surface area (Å²) in [5.41, 5.74) is 5.67. The number of carbonyl (C=O) groups is 3. The molecular formula is C21H21BrN6O3. The third-order valence-electron chi connectivity index (χ3n) is 5.69. The van der Waals surface area contributed by atoms with Crippen molar-refractivity contribution in [3.05, 3.63) is 52.6 Å². The largest absolute Gasteiger partial charge is 0.376 e. The van der Waals surface area contributed by atoms with Crippen LogP contribution >= 0.6 is 15.9 Å². The van der Waals surface area contributed by atoms with Gasteiger partial charge in [-0.25, -0.2) is 4.98 Å². The number of pyridine rings is 1. The molecule has 3 heterocycles. The van der Waals surface area contributed by atoms with E-state index in [1.807, 2.05) is 0 Å². The summed E-state index contributed by atoms with van der Waals surface area (Å²) in [5, 5.41) is 13.6. The van der Waals surface area contributed by atoms with E-state index in [1.54, 1.807) is 47.4 Å². The Labute approximate surface area is 187 Å². The Kier molecular flexibility index (Phi) is 5.73. The first-order valence-electron chi connectivity index (χ1n) is 9.81. The lowest BCUT2D eigenvalue weighted by Crippen LogP contribution is -2.46. The smallest absolute Gasteiger partial charge is 0.267 e. The van der Waals surface area contributed by atoms with Gasteiger partial charge in [0, 0.05) is 17.3 Å². The van der Waals surface area contributed by atoms with Gasteiger partial charge in [-0.2, -0.15) is 0 Å². The van der Waals surface area contributed by atoms with E-state index in [9.17, 15) is 14.4 Å². The lowest BCUT2D eigenvalue weighted by Gasteiger charge is -2.26. The normalized spacial score (nSPS) is 21.2. The number of nitrogens with two attached hydrogens (primary N) is 1. The Hall–Kier alpha value is -3.27. The summed E-state index contributed by atoms with van der Waals surface area (Å²) >= 11 is 3.28. The van der Waals surface area contributed by atoms with Crippen LogP contribution in [0.2, 0.25) is 0 Å². The first-order chi connectivity index (χ1) is 14.8. The van der Waals surface area contributed by atoms with E-state index in [4.69, 9.17) is 11.1 Å². The van der Waals surface area contributed by atoms with Gasteiger partial charge in [-0.05, 0) is 52.9 Å². The maximum atomic E-state index is 13.0. The van der Waals surface area contributed by atoms with Gasteiger partial charge in [-0.3, -0.25) is 19.8 Å². The standard InChI is InChI=1S/C21H21BrN6O3/c22-15-6-3-7-16(26-15)27-21(31)19-11-8-12(9-11)28(19)17(29)10-25-14-5-2-1-4-13(14)18(23)20(24)30/h1-7,11-12,19,23,25H,8-10H2,(H2,24,30)(H,26,27,31). The first kappa shape index (κ1) is 21.0. The molecular weight excluding hydrogens is 464 g/mol. The fourth-order valence-electron chi connectivity index (χ4n) is 4.20. The van der Waals surface area contributed by atoms with E-state index in [2.05, 4.69) is 31.5 Å². The summed E-state index contributed by atoms with van der Waals surface area (Å²) in [6.07, 6.45) is 1.61. The molecule has 1 atom stereocenters. The highest BCUT2D eigenvalue weighted by atomic mass is 79.9. The molecule has 2 aromatic rings. The number of fused-ring (bicyclic) bond motifs is 1. The number of halogens is 1. The van der Waals surface area contributed by atoms with Crippen LogP contribution in [0.5, 0.6) is 0 Å². The fourth-order valence-corrected chi connectivity index (χ4v) is 4.54. The Balaban J connectivity index is 1.44. The van der Waals surface area contributed by atoms with Crippen molar-refractivity contribution in [2.45, 2.75) is 24.9 Å². The van der Waals surface area contributed by atoms with Gasteiger partial charge >= 0.3 is 0 Å². The van der Waals surface area contributed by atoms with E-state index < -0.39 is 11.9 Å². The van der Waals surface area contributed by atoms with Gasteiger partial charge in [0.25, 0.3) is 5.91 Å². The quantitative estimate of drug-likeness (QED) is 0.349. The summed E-state index contributed by atoms with van der Waals surface area (Å²) < 4.78 is 0.610. The zero-order chi connectivity index (χ0) is 22.1. The lowest BCUT2D eigenvalue weighted by atomic mass is 9.83. The molecule has 0 radical (unpaired) electrons. The molecule has 160 valence electrons. The lowest BCUT2D eigenvalue weighted by molar-refractivity contribution is -0.135. The number of hydrogen-bond acceptors (Lipinski definition) is 6. The maximum Gasteiger partial charge on any atom is 0.267 e. The molecule has 3 amide bonds. The molecule has 1 unspecified atom stereocenters. The molecule has 9 nitrogen and oxygen atoms in total. The number of benzene rings is 1.